The van der Waals surface area contributed by atoms with Gasteiger partial charge < -0.3 is 0 Å². The lowest BCUT2D eigenvalue weighted by molar-refractivity contribution is 0.674. The predicted molar refractivity (Wildman–Crippen MR) is 79.3 cm³/mol. The second kappa shape index (κ2) is 7.44. The summed E-state index contributed by atoms with van der Waals surface area (Å²) in [5.41, 5.74) is 2.43. The standard InChI is InChI=1S/C15H25NSi/c1-4-5-6-7-8-11-14-17(2,3)15-12-9-10-13-16-15/h9-14H,4-8H2,1-3H3. The summed E-state index contributed by atoms with van der Waals surface area (Å²) in [6.07, 6.45) is 10.9. The lowest BCUT2D eigenvalue weighted by Gasteiger charge is -2.16. The SMILES string of the molecule is CCCCCCC=C[Si](C)(C)c1ccccn1. The maximum atomic E-state index is 4.49. The Bertz CT molecular complexity index is 330. The zero-order valence-electron chi connectivity index (χ0n) is 11.4. The molecular formula is C15H25NSi. The lowest BCUT2D eigenvalue weighted by Crippen LogP contribution is -2.41. The average molecular weight is 247 g/mol. The molecule has 0 saturated carbocycles. The second-order valence-corrected chi connectivity index (χ2v) is 9.48. The van der Waals surface area contributed by atoms with Gasteiger partial charge in [0, 0.05) is 11.5 Å². The number of hydrogen-bond donors (Lipinski definition) is 0. The van der Waals surface area contributed by atoms with Gasteiger partial charge in [0.05, 0.1) is 0 Å². The molecule has 0 bridgehead atoms. The Balaban J connectivity index is 2.41. The van der Waals surface area contributed by atoms with Gasteiger partial charge in [0.2, 0.25) is 0 Å². The normalized spacial score (nSPS) is 12.2. The summed E-state index contributed by atoms with van der Waals surface area (Å²) in [6, 6.07) is 6.24. The molecule has 0 saturated heterocycles. The summed E-state index contributed by atoms with van der Waals surface area (Å²) >= 11 is 0. The molecule has 0 N–H and O–H groups in total. The van der Waals surface area contributed by atoms with Crippen LogP contribution in [0.25, 0.3) is 0 Å². The summed E-state index contributed by atoms with van der Waals surface area (Å²) in [6.45, 7) is 6.97. The van der Waals surface area contributed by atoms with E-state index in [1.165, 1.54) is 37.4 Å². The summed E-state index contributed by atoms with van der Waals surface area (Å²) in [4.78, 5) is 4.49. The molecule has 1 nitrogen and oxygen atoms in total. The van der Waals surface area contributed by atoms with E-state index in [1.54, 1.807) is 0 Å². The monoisotopic (exact) mass is 247 g/mol. The third-order valence-electron chi connectivity index (χ3n) is 3.08. The van der Waals surface area contributed by atoms with Crippen molar-refractivity contribution >= 4 is 13.4 Å². The fourth-order valence-corrected chi connectivity index (χ4v) is 3.76. The summed E-state index contributed by atoms with van der Waals surface area (Å²) in [7, 11) is -1.44. The molecule has 0 aromatic carbocycles. The van der Waals surface area contributed by atoms with E-state index >= 15 is 0 Å². The van der Waals surface area contributed by atoms with E-state index in [-0.39, 0.29) is 0 Å². The lowest BCUT2D eigenvalue weighted by atomic mass is 10.2. The Morgan fingerprint density at radius 3 is 2.65 bits per heavy atom. The van der Waals surface area contributed by atoms with Crippen molar-refractivity contribution in [3.05, 3.63) is 36.2 Å². The van der Waals surface area contributed by atoms with Gasteiger partial charge in [0.15, 0.2) is 0 Å². The minimum atomic E-state index is -1.44. The minimum absolute atomic E-state index is 1.23. The number of rotatable bonds is 7. The van der Waals surface area contributed by atoms with Crippen molar-refractivity contribution < 1.29 is 0 Å². The highest BCUT2D eigenvalue weighted by Gasteiger charge is 2.20. The molecule has 2 heteroatoms. The van der Waals surface area contributed by atoms with Gasteiger partial charge in [-0.2, -0.15) is 0 Å². The Morgan fingerprint density at radius 1 is 1.18 bits per heavy atom. The van der Waals surface area contributed by atoms with E-state index in [2.05, 4.69) is 48.9 Å². The van der Waals surface area contributed by atoms with Gasteiger partial charge in [0.25, 0.3) is 0 Å². The van der Waals surface area contributed by atoms with Crippen molar-refractivity contribution in [2.24, 2.45) is 0 Å². The van der Waals surface area contributed by atoms with Crippen molar-refractivity contribution in [2.45, 2.75) is 52.1 Å². The first-order chi connectivity index (χ1) is 8.17. The van der Waals surface area contributed by atoms with E-state index in [1.807, 2.05) is 12.3 Å². The minimum Gasteiger partial charge on any atom is -0.266 e. The van der Waals surface area contributed by atoms with E-state index in [4.69, 9.17) is 0 Å². The van der Waals surface area contributed by atoms with Crippen LogP contribution < -0.4 is 5.32 Å². The molecule has 0 spiro atoms. The quantitative estimate of drug-likeness (QED) is 0.523. The van der Waals surface area contributed by atoms with Gasteiger partial charge >= 0.3 is 0 Å². The van der Waals surface area contributed by atoms with Crippen LogP contribution in [0.1, 0.15) is 39.0 Å². The molecule has 1 aromatic rings. The number of allylic oxidation sites excluding steroid dienone is 1. The van der Waals surface area contributed by atoms with Crippen LogP contribution >= 0.6 is 0 Å². The molecule has 1 heterocycles. The van der Waals surface area contributed by atoms with Gasteiger partial charge in [-0.25, -0.2) is 0 Å². The van der Waals surface area contributed by atoms with Crippen LogP contribution in [0, 0.1) is 0 Å². The van der Waals surface area contributed by atoms with Crippen LogP contribution in [0.2, 0.25) is 13.1 Å². The molecular weight excluding hydrogens is 222 g/mol. The molecule has 0 aliphatic heterocycles. The van der Waals surface area contributed by atoms with Gasteiger partial charge in [-0.05, 0) is 25.0 Å². The fraction of sp³-hybridized carbons (Fsp3) is 0.533. The van der Waals surface area contributed by atoms with E-state index in [0.717, 1.165) is 0 Å². The highest BCUT2D eigenvalue weighted by molar-refractivity contribution is 6.93. The smallest absolute Gasteiger partial charge is 0.127 e. The maximum Gasteiger partial charge on any atom is 0.127 e. The van der Waals surface area contributed by atoms with E-state index in [9.17, 15) is 0 Å². The van der Waals surface area contributed by atoms with Gasteiger partial charge in [-0.3, -0.25) is 4.98 Å². The van der Waals surface area contributed by atoms with Crippen molar-refractivity contribution in [3.63, 3.8) is 0 Å². The van der Waals surface area contributed by atoms with Crippen molar-refractivity contribution in [1.82, 2.24) is 4.98 Å². The van der Waals surface area contributed by atoms with Crippen molar-refractivity contribution in [3.8, 4) is 0 Å². The number of aromatic nitrogens is 1. The molecule has 0 aliphatic carbocycles. The van der Waals surface area contributed by atoms with Crippen LogP contribution in [0.15, 0.2) is 36.2 Å². The molecule has 0 aliphatic rings. The molecule has 0 unspecified atom stereocenters. The highest BCUT2D eigenvalue weighted by atomic mass is 28.3. The summed E-state index contributed by atoms with van der Waals surface area (Å²) < 4.78 is 0. The number of pyridine rings is 1. The van der Waals surface area contributed by atoms with Crippen LogP contribution in [0.3, 0.4) is 0 Å². The van der Waals surface area contributed by atoms with Crippen molar-refractivity contribution in [2.75, 3.05) is 0 Å². The third-order valence-corrected chi connectivity index (χ3v) is 5.77. The Kier molecular flexibility index (Phi) is 6.20. The van der Waals surface area contributed by atoms with Crippen LogP contribution in [0.4, 0.5) is 0 Å². The average Bonchev–Trinajstić information content (AvgIpc) is 2.35. The van der Waals surface area contributed by atoms with Crippen LogP contribution in [0.5, 0.6) is 0 Å². The van der Waals surface area contributed by atoms with E-state index in [0.29, 0.717) is 0 Å². The second-order valence-electron chi connectivity index (χ2n) is 5.19. The van der Waals surface area contributed by atoms with Crippen LogP contribution in [-0.2, 0) is 0 Å². The Hall–Kier alpha value is -0.893. The molecule has 17 heavy (non-hydrogen) atoms. The fourth-order valence-electron chi connectivity index (χ4n) is 1.90. The molecule has 1 aromatic heterocycles. The number of hydrogen-bond acceptors (Lipinski definition) is 1. The zero-order chi connectivity index (χ0) is 12.6. The number of nitrogens with zero attached hydrogens (tertiary/aromatic N) is 1. The number of unbranched alkanes of at least 4 members (excludes halogenated alkanes) is 4. The molecule has 0 amide bonds. The first-order valence-electron chi connectivity index (χ1n) is 6.76. The molecule has 0 radical (unpaired) electrons. The first kappa shape index (κ1) is 14.2. The van der Waals surface area contributed by atoms with Gasteiger partial charge in [-0.15, -0.1) is 0 Å². The van der Waals surface area contributed by atoms with Crippen LogP contribution in [-0.4, -0.2) is 13.1 Å². The Morgan fingerprint density at radius 2 is 2.00 bits per heavy atom. The Labute approximate surface area is 107 Å². The molecule has 0 fully saturated rings. The maximum absolute atomic E-state index is 4.49. The molecule has 0 atom stereocenters. The van der Waals surface area contributed by atoms with Gasteiger partial charge in [-0.1, -0.05) is 57.1 Å². The third kappa shape index (κ3) is 5.31. The highest BCUT2D eigenvalue weighted by Crippen LogP contribution is 2.07. The zero-order valence-corrected chi connectivity index (χ0v) is 12.4. The summed E-state index contributed by atoms with van der Waals surface area (Å²) in [5.74, 6) is 0. The first-order valence-corrected chi connectivity index (χ1v) is 9.84. The largest absolute Gasteiger partial charge is 0.266 e. The summed E-state index contributed by atoms with van der Waals surface area (Å²) in [5, 5.41) is 1.28. The molecule has 94 valence electrons. The van der Waals surface area contributed by atoms with E-state index < -0.39 is 8.07 Å². The van der Waals surface area contributed by atoms with Crippen molar-refractivity contribution in [1.29, 1.82) is 0 Å². The van der Waals surface area contributed by atoms with Gasteiger partial charge in [0.1, 0.15) is 8.07 Å². The predicted octanol–water partition coefficient (Wildman–Crippen LogP) is 4.06. The topological polar surface area (TPSA) is 12.9 Å². The molecule has 1 rings (SSSR count).